The van der Waals surface area contributed by atoms with Gasteiger partial charge in [0.05, 0.1) is 12.7 Å². The van der Waals surface area contributed by atoms with E-state index in [2.05, 4.69) is 26.2 Å². The summed E-state index contributed by atoms with van der Waals surface area (Å²) in [6, 6.07) is 12.2. The second-order valence-corrected chi connectivity index (χ2v) is 5.83. The number of hydrogen-bond acceptors (Lipinski definition) is 6. The van der Waals surface area contributed by atoms with Gasteiger partial charge in [0.15, 0.2) is 6.29 Å². The Morgan fingerprint density at radius 3 is 2.42 bits per heavy atom. The summed E-state index contributed by atoms with van der Waals surface area (Å²) in [5, 5.41) is 5.89. The predicted octanol–water partition coefficient (Wildman–Crippen LogP) is 1.14. The number of ether oxygens (including phenoxy) is 1. The van der Waals surface area contributed by atoms with Crippen molar-refractivity contribution in [2.45, 2.75) is 18.8 Å². The SMILES string of the molecule is COC(=O)c1ccc(NC2NNC(Cc3ccc(F)cc3)C(=O)N2)cc1. The zero-order valence-electron chi connectivity index (χ0n) is 14.1. The standard InChI is InChI=1S/C18H19FN4O3/c1-26-17(25)12-4-8-14(9-5-12)20-18-21-16(24)15(22-23-18)10-11-2-6-13(19)7-3-11/h2-9,15,18,20,22-23H,10H2,1H3,(H,21,24). The highest BCUT2D eigenvalue weighted by Gasteiger charge is 2.27. The molecular weight excluding hydrogens is 339 g/mol. The van der Waals surface area contributed by atoms with E-state index in [0.29, 0.717) is 17.7 Å². The zero-order valence-corrected chi connectivity index (χ0v) is 14.1. The Labute approximate surface area is 149 Å². The van der Waals surface area contributed by atoms with Gasteiger partial charge in [0, 0.05) is 5.69 Å². The van der Waals surface area contributed by atoms with E-state index < -0.39 is 18.3 Å². The number of halogens is 1. The molecule has 1 heterocycles. The average Bonchev–Trinajstić information content (AvgIpc) is 2.65. The Hall–Kier alpha value is -2.97. The number of anilines is 1. The minimum atomic E-state index is -0.518. The second kappa shape index (κ2) is 7.94. The number of carbonyl (C=O) groups is 2. The van der Waals surface area contributed by atoms with Crippen LogP contribution in [0.1, 0.15) is 15.9 Å². The lowest BCUT2D eigenvalue weighted by atomic mass is 10.1. The largest absolute Gasteiger partial charge is 0.465 e. The molecule has 0 bridgehead atoms. The summed E-state index contributed by atoms with van der Waals surface area (Å²) in [6.45, 7) is 0. The van der Waals surface area contributed by atoms with Gasteiger partial charge >= 0.3 is 5.97 Å². The van der Waals surface area contributed by atoms with Gasteiger partial charge < -0.3 is 15.4 Å². The summed E-state index contributed by atoms with van der Waals surface area (Å²) in [5.74, 6) is -0.905. The van der Waals surface area contributed by atoms with E-state index in [1.165, 1.54) is 19.2 Å². The van der Waals surface area contributed by atoms with Crippen LogP contribution in [-0.2, 0) is 16.0 Å². The molecule has 4 N–H and O–H groups in total. The van der Waals surface area contributed by atoms with Crippen molar-refractivity contribution in [3.8, 4) is 0 Å². The van der Waals surface area contributed by atoms with Crippen molar-refractivity contribution >= 4 is 17.6 Å². The molecule has 7 nitrogen and oxygen atoms in total. The van der Waals surface area contributed by atoms with Gasteiger partial charge in [-0.15, -0.1) is 0 Å². The van der Waals surface area contributed by atoms with Crippen LogP contribution in [0.25, 0.3) is 0 Å². The highest BCUT2D eigenvalue weighted by atomic mass is 19.1. The molecule has 1 aliphatic rings. The summed E-state index contributed by atoms with van der Waals surface area (Å²) in [5.41, 5.74) is 7.93. The molecule has 1 saturated heterocycles. The smallest absolute Gasteiger partial charge is 0.337 e. The molecule has 136 valence electrons. The summed E-state index contributed by atoms with van der Waals surface area (Å²) < 4.78 is 17.6. The van der Waals surface area contributed by atoms with Gasteiger partial charge in [-0.1, -0.05) is 12.1 Å². The first-order chi connectivity index (χ1) is 12.5. The Balaban J connectivity index is 1.54. The van der Waals surface area contributed by atoms with E-state index in [0.717, 1.165) is 5.56 Å². The molecule has 2 unspecified atom stereocenters. The van der Waals surface area contributed by atoms with Gasteiger partial charge in [-0.05, 0) is 48.4 Å². The molecule has 0 aliphatic carbocycles. The molecule has 2 atom stereocenters. The fraction of sp³-hybridized carbons (Fsp3) is 0.222. The minimum Gasteiger partial charge on any atom is -0.465 e. The first-order valence-corrected chi connectivity index (χ1v) is 8.06. The molecule has 1 amide bonds. The van der Waals surface area contributed by atoms with Crippen molar-refractivity contribution in [2.24, 2.45) is 0 Å². The summed E-state index contributed by atoms with van der Waals surface area (Å²) >= 11 is 0. The highest BCUT2D eigenvalue weighted by Crippen LogP contribution is 2.12. The van der Waals surface area contributed by atoms with Crippen LogP contribution >= 0.6 is 0 Å². The lowest BCUT2D eigenvalue weighted by molar-refractivity contribution is -0.126. The van der Waals surface area contributed by atoms with E-state index in [1.54, 1.807) is 36.4 Å². The lowest BCUT2D eigenvalue weighted by Gasteiger charge is -2.32. The molecule has 0 radical (unpaired) electrons. The molecule has 0 spiro atoms. The van der Waals surface area contributed by atoms with Crippen LogP contribution in [0.3, 0.4) is 0 Å². The quantitative estimate of drug-likeness (QED) is 0.600. The Morgan fingerprint density at radius 2 is 1.81 bits per heavy atom. The van der Waals surface area contributed by atoms with Crippen molar-refractivity contribution in [2.75, 3.05) is 12.4 Å². The van der Waals surface area contributed by atoms with Crippen molar-refractivity contribution in [3.05, 3.63) is 65.5 Å². The number of methoxy groups -OCH3 is 1. The lowest BCUT2D eigenvalue weighted by Crippen LogP contribution is -2.68. The molecule has 2 aromatic carbocycles. The predicted molar refractivity (Wildman–Crippen MR) is 93.5 cm³/mol. The molecule has 0 saturated carbocycles. The molecular formula is C18H19FN4O3. The maximum Gasteiger partial charge on any atom is 0.337 e. The molecule has 2 aromatic rings. The third kappa shape index (κ3) is 4.35. The molecule has 0 aromatic heterocycles. The van der Waals surface area contributed by atoms with Crippen molar-refractivity contribution in [1.29, 1.82) is 0 Å². The topological polar surface area (TPSA) is 91.5 Å². The monoisotopic (exact) mass is 358 g/mol. The highest BCUT2D eigenvalue weighted by molar-refractivity contribution is 5.89. The van der Waals surface area contributed by atoms with E-state index in [1.807, 2.05) is 0 Å². The number of carbonyl (C=O) groups excluding carboxylic acids is 2. The zero-order chi connectivity index (χ0) is 18.5. The van der Waals surface area contributed by atoms with E-state index in [-0.39, 0.29) is 11.7 Å². The van der Waals surface area contributed by atoms with Crippen LogP contribution in [0.4, 0.5) is 10.1 Å². The van der Waals surface area contributed by atoms with E-state index in [9.17, 15) is 14.0 Å². The second-order valence-electron chi connectivity index (χ2n) is 5.83. The fourth-order valence-electron chi connectivity index (χ4n) is 2.59. The van der Waals surface area contributed by atoms with Crippen molar-refractivity contribution in [3.63, 3.8) is 0 Å². The molecule has 8 heteroatoms. The first-order valence-electron chi connectivity index (χ1n) is 8.06. The van der Waals surface area contributed by atoms with Gasteiger partial charge in [-0.3, -0.25) is 4.79 Å². The van der Waals surface area contributed by atoms with Crippen LogP contribution < -0.4 is 21.5 Å². The normalized spacial score (nSPS) is 19.5. The Kier molecular flexibility index (Phi) is 5.45. The Bertz CT molecular complexity index is 780. The number of rotatable bonds is 5. The van der Waals surface area contributed by atoms with E-state index in [4.69, 9.17) is 0 Å². The number of nitrogens with one attached hydrogen (secondary N) is 4. The van der Waals surface area contributed by atoms with Crippen molar-refractivity contribution in [1.82, 2.24) is 16.2 Å². The molecule has 3 rings (SSSR count). The van der Waals surface area contributed by atoms with Gasteiger partial charge in [-0.2, -0.15) is 0 Å². The maximum absolute atomic E-state index is 12.9. The van der Waals surface area contributed by atoms with Gasteiger partial charge in [0.2, 0.25) is 5.91 Å². The third-order valence-corrected chi connectivity index (χ3v) is 3.98. The summed E-state index contributed by atoms with van der Waals surface area (Å²) in [4.78, 5) is 23.7. The van der Waals surface area contributed by atoms with Gasteiger partial charge in [0.25, 0.3) is 0 Å². The van der Waals surface area contributed by atoms with E-state index >= 15 is 0 Å². The number of hydrogen-bond donors (Lipinski definition) is 4. The van der Waals surface area contributed by atoms with Crippen LogP contribution in [-0.4, -0.2) is 31.3 Å². The summed E-state index contributed by atoms with van der Waals surface area (Å²) in [7, 11) is 1.32. The Morgan fingerprint density at radius 1 is 1.12 bits per heavy atom. The van der Waals surface area contributed by atoms with Crippen LogP contribution in [0.2, 0.25) is 0 Å². The molecule has 1 aliphatic heterocycles. The number of amides is 1. The van der Waals surface area contributed by atoms with Gasteiger partial charge in [0.1, 0.15) is 11.9 Å². The van der Waals surface area contributed by atoms with Crippen LogP contribution in [0, 0.1) is 5.82 Å². The van der Waals surface area contributed by atoms with Gasteiger partial charge in [-0.25, -0.2) is 20.0 Å². The minimum absolute atomic E-state index is 0.184. The first kappa shape index (κ1) is 17.8. The third-order valence-electron chi connectivity index (χ3n) is 3.98. The molecule has 1 fully saturated rings. The maximum atomic E-state index is 12.9. The van der Waals surface area contributed by atoms with Crippen LogP contribution in [0.5, 0.6) is 0 Å². The number of hydrazine groups is 1. The number of esters is 1. The van der Waals surface area contributed by atoms with Crippen LogP contribution in [0.15, 0.2) is 48.5 Å². The van der Waals surface area contributed by atoms with Crippen molar-refractivity contribution < 1.29 is 18.7 Å². The fourth-order valence-corrected chi connectivity index (χ4v) is 2.59. The number of benzene rings is 2. The molecule has 26 heavy (non-hydrogen) atoms. The average molecular weight is 358 g/mol. The summed E-state index contributed by atoms with van der Waals surface area (Å²) in [6.07, 6.45) is -0.0874.